The fourth-order valence-corrected chi connectivity index (χ4v) is 3.82. The van der Waals surface area contributed by atoms with Crippen molar-refractivity contribution in [3.63, 3.8) is 0 Å². The molecule has 0 bridgehead atoms. The summed E-state index contributed by atoms with van der Waals surface area (Å²) in [5.74, 6) is 0.0641. The van der Waals surface area contributed by atoms with Gasteiger partial charge in [0.1, 0.15) is 6.04 Å². The van der Waals surface area contributed by atoms with Crippen molar-refractivity contribution in [3.8, 4) is 0 Å². The fourth-order valence-electron chi connectivity index (χ4n) is 3.82. The van der Waals surface area contributed by atoms with E-state index in [1.54, 1.807) is 7.11 Å². The van der Waals surface area contributed by atoms with Gasteiger partial charge in [0.15, 0.2) is 0 Å². The molecule has 116 valence electrons. The van der Waals surface area contributed by atoms with Crippen LogP contribution in [0.3, 0.4) is 0 Å². The van der Waals surface area contributed by atoms with Gasteiger partial charge < -0.3 is 9.84 Å². The summed E-state index contributed by atoms with van der Waals surface area (Å²) in [6, 6.07) is 0.188. The van der Waals surface area contributed by atoms with Crippen LogP contribution < -0.4 is 0 Å². The summed E-state index contributed by atoms with van der Waals surface area (Å²) >= 11 is 0. The van der Waals surface area contributed by atoms with Crippen LogP contribution in [0.2, 0.25) is 0 Å². The topological polar surface area (TPSA) is 49.8 Å². The van der Waals surface area contributed by atoms with Crippen molar-refractivity contribution in [2.45, 2.75) is 76.5 Å². The van der Waals surface area contributed by atoms with Crippen LogP contribution in [-0.2, 0) is 9.53 Å². The van der Waals surface area contributed by atoms with Gasteiger partial charge in [-0.2, -0.15) is 0 Å². The Kier molecular flexibility index (Phi) is 5.08. The molecule has 0 amide bonds. The Labute approximate surface area is 122 Å². The minimum absolute atomic E-state index is 0.176. The number of methoxy groups -OCH3 is 1. The first kappa shape index (κ1) is 15.8. The quantitative estimate of drug-likeness (QED) is 0.843. The average molecular weight is 283 g/mol. The molecule has 1 saturated heterocycles. The first-order valence-electron chi connectivity index (χ1n) is 7.98. The monoisotopic (exact) mass is 283 g/mol. The highest BCUT2D eigenvalue weighted by atomic mass is 16.5. The lowest BCUT2D eigenvalue weighted by molar-refractivity contribution is -0.148. The van der Waals surface area contributed by atoms with Gasteiger partial charge in [-0.15, -0.1) is 0 Å². The summed E-state index contributed by atoms with van der Waals surface area (Å²) in [5.41, 5.74) is -0.176. The van der Waals surface area contributed by atoms with Crippen molar-refractivity contribution in [1.29, 1.82) is 0 Å². The molecule has 0 aromatic carbocycles. The number of carbonyl (C=O) groups is 1. The molecule has 0 radical (unpaired) electrons. The van der Waals surface area contributed by atoms with Crippen LogP contribution in [0.1, 0.15) is 58.8 Å². The van der Waals surface area contributed by atoms with E-state index in [0.29, 0.717) is 12.0 Å². The molecule has 4 heteroatoms. The van der Waals surface area contributed by atoms with Crippen molar-refractivity contribution >= 4 is 5.97 Å². The molecular formula is C16H29NO3. The Morgan fingerprint density at radius 2 is 1.95 bits per heavy atom. The van der Waals surface area contributed by atoms with Gasteiger partial charge in [-0.3, -0.25) is 9.69 Å². The Morgan fingerprint density at radius 1 is 1.25 bits per heavy atom. The van der Waals surface area contributed by atoms with E-state index >= 15 is 0 Å². The van der Waals surface area contributed by atoms with Gasteiger partial charge in [0.2, 0.25) is 0 Å². The minimum atomic E-state index is -0.649. The van der Waals surface area contributed by atoms with Crippen molar-refractivity contribution in [1.82, 2.24) is 4.90 Å². The Morgan fingerprint density at radius 3 is 2.60 bits per heavy atom. The smallest absolute Gasteiger partial charge is 0.320 e. The fraction of sp³-hybridized carbons (Fsp3) is 0.938. The number of nitrogens with zero attached hydrogens (tertiary/aromatic N) is 1. The van der Waals surface area contributed by atoms with Gasteiger partial charge in [0.05, 0.1) is 5.60 Å². The second kappa shape index (κ2) is 6.44. The highest BCUT2D eigenvalue weighted by Crippen LogP contribution is 2.38. The van der Waals surface area contributed by atoms with Crippen molar-refractivity contribution in [2.24, 2.45) is 5.92 Å². The zero-order valence-electron chi connectivity index (χ0n) is 13.1. The summed E-state index contributed by atoms with van der Waals surface area (Å²) in [7, 11) is 1.73. The average Bonchev–Trinajstić information content (AvgIpc) is 2.44. The molecule has 20 heavy (non-hydrogen) atoms. The van der Waals surface area contributed by atoms with Gasteiger partial charge in [0.25, 0.3) is 0 Å². The van der Waals surface area contributed by atoms with Gasteiger partial charge in [-0.1, -0.05) is 12.8 Å². The number of hydrogen-bond donors (Lipinski definition) is 1. The van der Waals surface area contributed by atoms with E-state index in [9.17, 15) is 9.90 Å². The number of hydrogen-bond acceptors (Lipinski definition) is 3. The van der Waals surface area contributed by atoms with Crippen LogP contribution in [0.15, 0.2) is 0 Å². The van der Waals surface area contributed by atoms with E-state index in [-0.39, 0.29) is 11.6 Å². The van der Waals surface area contributed by atoms with E-state index in [1.165, 1.54) is 25.7 Å². The molecule has 2 fully saturated rings. The van der Waals surface area contributed by atoms with Crippen LogP contribution in [0.4, 0.5) is 0 Å². The summed E-state index contributed by atoms with van der Waals surface area (Å²) in [4.78, 5) is 13.8. The number of ether oxygens (including phenoxy) is 1. The molecule has 1 N–H and O–H groups in total. The highest BCUT2D eigenvalue weighted by Gasteiger charge is 2.41. The predicted octanol–water partition coefficient (Wildman–Crippen LogP) is 2.91. The number of likely N-dealkylation sites (tertiary alicyclic amines) is 1. The molecule has 1 saturated carbocycles. The third kappa shape index (κ3) is 3.53. The van der Waals surface area contributed by atoms with E-state index in [1.807, 2.05) is 0 Å². The lowest BCUT2D eigenvalue weighted by Gasteiger charge is -2.48. The molecule has 2 aliphatic rings. The van der Waals surface area contributed by atoms with Crippen LogP contribution in [-0.4, -0.2) is 47.3 Å². The molecular weight excluding hydrogens is 254 g/mol. The molecule has 2 rings (SSSR count). The predicted molar refractivity (Wildman–Crippen MR) is 78.8 cm³/mol. The lowest BCUT2D eigenvalue weighted by Crippen LogP contribution is -2.56. The molecule has 1 aliphatic heterocycles. The lowest BCUT2D eigenvalue weighted by atomic mass is 9.76. The zero-order chi connectivity index (χ0) is 14.8. The Bertz CT molecular complexity index is 343. The summed E-state index contributed by atoms with van der Waals surface area (Å²) in [5, 5.41) is 9.51. The number of fused-ring (bicyclic) bond motifs is 1. The molecule has 0 spiro atoms. The molecule has 3 unspecified atom stereocenters. The van der Waals surface area contributed by atoms with Crippen molar-refractivity contribution < 1.29 is 14.6 Å². The standard InChI is InChI=1S/C16H29NO3/c1-16(2,20-3)10-11-17-13-7-5-4-6-12(13)8-9-14(17)15(18)19/h12-14H,4-11H2,1-3H3,(H,18,19). The Balaban J connectivity index is 2.07. The van der Waals surface area contributed by atoms with E-state index in [0.717, 1.165) is 25.8 Å². The highest BCUT2D eigenvalue weighted by molar-refractivity contribution is 5.73. The number of rotatable bonds is 5. The summed E-state index contributed by atoms with van der Waals surface area (Å²) in [6.45, 7) is 4.98. The van der Waals surface area contributed by atoms with Crippen LogP contribution >= 0.6 is 0 Å². The van der Waals surface area contributed by atoms with Crippen LogP contribution in [0.25, 0.3) is 0 Å². The maximum Gasteiger partial charge on any atom is 0.320 e. The maximum atomic E-state index is 11.6. The van der Waals surface area contributed by atoms with Crippen molar-refractivity contribution in [2.75, 3.05) is 13.7 Å². The van der Waals surface area contributed by atoms with E-state index in [2.05, 4.69) is 18.7 Å². The third-order valence-electron chi connectivity index (χ3n) is 5.32. The van der Waals surface area contributed by atoms with E-state index < -0.39 is 5.97 Å². The van der Waals surface area contributed by atoms with E-state index in [4.69, 9.17) is 4.74 Å². The van der Waals surface area contributed by atoms with Crippen LogP contribution in [0, 0.1) is 5.92 Å². The molecule has 0 aromatic rings. The largest absolute Gasteiger partial charge is 0.480 e. The first-order valence-corrected chi connectivity index (χ1v) is 7.98. The molecule has 4 nitrogen and oxygen atoms in total. The first-order chi connectivity index (χ1) is 9.44. The molecule has 1 heterocycles. The maximum absolute atomic E-state index is 11.6. The Hall–Kier alpha value is -0.610. The third-order valence-corrected chi connectivity index (χ3v) is 5.32. The van der Waals surface area contributed by atoms with Gasteiger partial charge in [-0.05, 0) is 51.9 Å². The summed E-state index contributed by atoms with van der Waals surface area (Å²) in [6.07, 6.45) is 7.79. The minimum Gasteiger partial charge on any atom is -0.480 e. The molecule has 0 aromatic heterocycles. The van der Waals surface area contributed by atoms with Crippen LogP contribution in [0.5, 0.6) is 0 Å². The normalized spacial score (nSPS) is 31.9. The number of aliphatic carboxylic acids is 1. The van der Waals surface area contributed by atoms with Gasteiger partial charge in [-0.25, -0.2) is 0 Å². The summed E-state index contributed by atoms with van der Waals surface area (Å²) < 4.78 is 5.49. The second-order valence-corrected chi connectivity index (χ2v) is 6.99. The SMILES string of the molecule is COC(C)(C)CCN1C(C(=O)O)CCC2CCCCC21. The zero-order valence-corrected chi connectivity index (χ0v) is 13.1. The second-order valence-electron chi connectivity index (χ2n) is 6.99. The number of carboxylic acids is 1. The van der Waals surface area contributed by atoms with Gasteiger partial charge >= 0.3 is 5.97 Å². The molecule has 1 aliphatic carbocycles. The number of piperidine rings is 1. The molecule has 3 atom stereocenters. The van der Waals surface area contributed by atoms with Crippen molar-refractivity contribution in [3.05, 3.63) is 0 Å². The number of carboxylic acid groups (broad SMARTS) is 1. The van der Waals surface area contributed by atoms with Gasteiger partial charge in [0, 0.05) is 19.7 Å².